The van der Waals surface area contributed by atoms with Gasteiger partial charge >= 0.3 is 5.91 Å². The number of amides is 1. The standard InChI is InChI=1S/C15H17ClNO3/c1-19-12-17(15(18)10-16,11-14-8-5-9-20-14)13-6-3-2-4-7-13/h2-9H,10-12H2,1H3/q+1. The summed E-state index contributed by atoms with van der Waals surface area (Å²) >= 11 is 5.81. The molecule has 4 nitrogen and oxygen atoms in total. The van der Waals surface area contributed by atoms with E-state index in [2.05, 4.69) is 0 Å². The molecule has 0 saturated heterocycles. The van der Waals surface area contributed by atoms with Crippen LogP contribution in [0.1, 0.15) is 5.76 Å². The predicted molar refractivity (Wildman–Crippen MR) is 78.3 cm³/mol. The average Bonchev–Trinajstić information content (AvgIpc) is 2.99. The number of para-hydroxylation sites is 1. The number of methoxy groups -OCH3 is 1. The Kier molecular flexibility index (Phi) is 4.95. The van der Waals surface area contributed by atoms with Crippen LogP contribution in [0.3, 0.4) is 0 Å². The molecule has 1 aromatic carbocycles. The summed E-state index contributed by atoms with van der Waals surface area (Å²) in [7, 11) is 1.57. The molecule has 20 heavy (non-hydrogen) atoms. The van der Waals surface area contributed by atoms with Crippen LogP contribution in [-0.2, 0) is 16.1 Å². The van der Waals surface area contributed by atoms with Crippen LogP contribution in [0.2, 0.25) is 0 Å². The lowest BCUT2D eigenvalue weighted by atomic mass is 10.2. The number of carbonyl (C=O) groups is 1. The van der Waals surface area contributed by atoms with Gasteiger partial charge in [0.25, 0.3) is 0 Å². The second-order valence-electron chi connectivity index (χ2n) is 4.49. The molecule has 0 aliphatic heterocycles. The molecule has 0 N–H and O–H groups in total. The molecule has 106 valence electrons. The zero-order chi connectivity index (χ0) is 14.4. The monoisotopic (exact) mass is 294 g/mol. The van der Waals surface area contributed by atoms with Crippen molar-refractivity contribution in [2.24, 2.45) is 0 Å². The maximum absolute atomic E-state index is 12.5. The third-order valence-electron chi connectivity index (χ3n) is 3.20. The van der Waals surface area contributed by atoms with Crippen LogP contribution in [0.5, 0.6) is 0 Å². The molecule has 1 amide bonds. The van der Waals surface area contributed by atoms with Crippen molar-refractivity contribution < 1.29 is 13.9 Å². The minimum Gasteiger partial charge on any atom is -0.463 e. The largest absolute Gasteiger partial charge is 0.463 e. The van der Waals surface area contributed by atoms with E-state index in [-0.39, 0.29) is 23.0 Å². The lowest BCUT2D eigenvalue weighted by Gasteiger charge is -2.33. The lowest BCUT2D eigenvalue weighted by molar-refractivity contribution is -0.133. The molecule has 1 unspecified atom stereocenters. The third-order valence-corrected chi connectivity index (χ3v) is 3.43. The Morgan fingerprint density at radius 1 is 1.25 bits per heavy atom. The predicted octanol–water partition coefficient (Wildman–Crippen LogP) is 3.16. The Hall–Kier alpha value is -1.62. The van der Waals surface area contributed by atoms with Crippen molar-refractivity contribution in [3.8, 4) is 0 Å². The summed E-state index contributed by atoms with van der Waals surface area (Å²) in [6, 6.07) is 13.1. The molecule has 1 atom stereocenters. The number of benzene rings is 1. The highest BCUT2D eigenvalue weighted by Crippen LogP contribution is 2.27. The topological polar surface area (TPSA) is 39.4 Å². The highest BCUT2D eigenvalue weighted by atomic mass is 35.5. The summed E-state index contributed by atoms with van der Waals surface area (Å²) in [5.41, 5.74) is 0.830. The minimum atomic E-state index is -0.129. The first kappa shape index (κ1) is 14.8. The van der Waals surface area contributed by atoms with Crippen LogP contribution in [0.4, 0.5) is 5.69 Å². The van der Waals surface area contributed by atoms with Gasteiger partial charge in [-0.05, 0) is 24.3 Å². The van der Waals surface area contributed by atoms with E-state index in [4.69, 9.17) is 20.8 Å². The Balaban J connectivity index is 2.47. The Bertz CT molecular complexity index is 542. The van der Waals surface area contributed by atoms with Gasteiger partial charge in [-0.1, -0.05) is 18.2 Å². The van der Waals surface area contributed by atoms with Gasteiger partial charge in [0, 0.05) is 7.11 Å². The van der Waals surface area contributed by atoms with Gasteiger partial charge in [-0.15, -0.1) is 11.6 Å². The second-order valence-corrected chi connectivity index (χ2v) is 4.75. The van der Waals surface area contributed by atoms with Crippen molar-refractivity contribution in [1.82, 2.24) is 4.48 Å². The van der Waals surface area contributed by atoms with Crippen LogP contribution in [-0.4, -0.2) is 25.6 Å². The van der Waals surface area contributed by atoms with Gasteiger partial charge in [0.1, 0.15) is 11.6 Å². The second kappa shape index (κ2) is 6.70. The first-order valence-electron chi connectivity index (χ1n) is 6.26. The highest BCUT2D eigenvalue weighted by Gasteiger charge is 2.39. The van der Waals surface area contributed by atoms with E-state index in [1.807, 2.05) is 36.4 Å². The molecule has 5 heteroatoms. The summed E-state index contributed by atoms with van der Waals surface area (Å²) in [5.74, 6) is 0.499. The van der Waals surface area contributed by atoms with E-state index in [0.717, 1.165) is 5.69 Å². The van der Waals surface area contributed by atoms with Crippen molar-refractivity contribution in [1.29, 1.82) is 0 Å². The number of alkyl halides is 1. The van der Waals surface area contributed by atoms with Crippen LogP contribution >= 0.6 is 11.6 Å². The average molecular weight is 295 g/mol. The zero-order valence-corrected chi connectivity index (χ0v) is 12.0. The van der Waals surface area contributed by atoms with Crippen molar-refractivity contribution >= 4 is 23.2 Å². The number of furan rings is 1. The molecular weight excluding hydrogens is 278 g/mol. The number of halogens is 1. The number of carbonyl (C=O) groups excluding carboxylic acids is 1. The van der Waals surface area contributed by atoms with Gasteiger partial charge in [0.05, 0.1) is 6.26 Å². The maximum atomic E-state index is 12.5. The molecule has 0 saturated carbocycles. The van der Waals surface area contributed by atoms with E-state index >= 15 is 0 Å². The first-order valence-corrected chi connectivity index (χ1v) is 6.80. The van der Waals surface area contributed by atoms with Crippen molar-refractivity contribution in [3.05, 3.63) is 54.5 Å². The zero-order valence-electron chi connectivity index (χ0n) is 11.3. The van der Waals surface area contributed by atoms with E-state index in [1.165, 1.54) is 0 Å². The number of hydrogen-bond acceptors (Lipinski definition) is 3. The van der Waals surface area contributed by atoms with Gasteiger partial charge < -0.3 is 9.15 Å². The van der Waals surface area contributed by atoms with Gasteiger partial charge in [-0.3, -0.25) is 0 Å². The highest BCUT2D eigenvalue weighted by molar-refractivity contribution is 6.28. The summed E-state index contributed by atoms with van der Waals surface area (Å²) in [6.45, 7) is 0.576. The summed E-state index contributed by atoms with van der Waals surface area (Å²) in [4.78, 5) is 12.5. The SMILES string of the molecule is COC[N+](Cc1ccco1)(C(=O)CCl)c1ccccc1. The number of ether oxygens (including phenoxy) is 1. The van der Waals surface area contributed by atoms with E-state index in [0.29, 0.717) is 12.3 Å². The van der Waals surface area contributed by atoms with Crippen LogP contribution in [0, 0.1) is 0 Å². The summed E-state index contributed by atoms with van der Waals surface area (Å²) in [6.07, 6.45) is 1.59. The fourth-order valence-electron chi connectivity index (χ4n) is 2.23. The fourth-order valence-corrected chi connectivity index (χ4v) is 2.46. The molecule has 2 aromatic rings. The number of rotatable bonds is 6. The van der Waals surface area contributed by atoms with Gasteiger partial charge in [-0.25, -0.2) is 4.79 Å². The van der Waals surface area contributed by atoms with Crippen LogP contribution in [0.25, 0.3) is 0 Å². The Morgan fingerprint density at radius 3 is 2.55 bits per heavy atom. The van der Waals surface area contributed by atoms with E-state index < -0.39 is 0 Å². The molecule has 2 rings (SSSR count). The fraction of sp³-hybridized carbons (Fsp3) is 0.267. The summed E-state index contributed by atoms with van der Waals surface area (Å²) < 4.78 is 10.7. The smallest absolute Gasteiger partial charge is 0.335 e. The van der Waals surface area contributed by atoms with Crippen molar-refractivity contribution in [3.63, 3.8) is 0 Å². The molecule has 0 aliphatic rings. The van der Waals surface area contributed by atoms with Crippen molar-refractivity contribution in [2.45, 2.75) is 6.54 Å². The molecule has 0 radical (unpaired) electrons. The number of quaternary nitrogens is 1. The molecular formula is C15H17ClNO3+. The normalized spacial score (nSPS) is 13.9. The van der Waals surface area contributed by atoms with Crippen LogP contribution in [0.15, 0.2) is 53.1 Å². The molecule has 0 bridgehead atoms. The third kappa shape index (κ3) is 2.93. The quantitative estimate of drug-likeness (QED) is 0.467. The lowest BCUT2D eigenvalue weighted by Crippen LogP contribution is -2.55. The first-order chi connectivity index (χ1) is 9.73. The summed E-state index contributed by atoms with van der Waals surface area (Å²) in [5, 5.41) is 0. The van der Waals surface area contributed by atoms with E-state index in [1.54, 1.807) is 19.4 Å². The molecule has 0 fully saturated rings. The molecule has 0 aliphatic carbocycles. The number of nitrogens with zero attached hydrogens (tertiary/aromatic N) is 1. The number of hydrogen-bond donors (Lipinski definition) is 0. The van der Waals surface area contributed by atoms with Crippen LogP contribution < -0.4 is 4.48 Å². The molecule has 1 aromatic heterocycles. The minimum absolute atomic E-state index is 0.0195. The van der Waals surface area contributed by atoms with Crippen molar-refractivity contribution in [2.75, 3.05) is 19.7 Å². The van der Waals surface area contributed by atoms with Gasteiger partial charge in [-0.2, -0.15) is 4.48 Å². The van der Waals surface area contributed by atoms with E-state index in [9.17, 15) is 4.79 Å². The van der Waals surface area contributed by atoms with Gasteiger partial charge in [0.2, 0.25) is 0 Å². The Morgan fingerprint density at radius 2 is 2.00 bits per heavy atom. The Labute approximate surface area is 123 Å². The molecule has 0 spiro atoms. The molecule has 1 heterocycles. The van der Waals surface area contributed by atoms with Gasteiger partial charge in [0.15, 0.2) is 19.0 Å². The maximum Gasteiger partial charge on any atom is 0.335 e.